The number of benzene rings is 1. The van der Waals surface area contributed by atoms with Gasteiger partial charge in [0.25, 0.3) is 0 Å². The molecule has 0 aliphatic heterocycles. The lowest BCUT2D eigenvalue weighted by atomic mass is 10.1. The molecule has 0 saturated heterocycles. The normalized spacial score (nSPS) is 12.7. The summed E-state index contributed by atoms with van der Waals surface area (Å²) < 4.78 is 17.8. The lowest BCUT2D eigenvalue weighted by Crippen LogP contribution is -1.98. The summed E-state index contributed by atoms with van der Waals surface area (Å²) in [5.41, 5.74) is 0.470. The predicted octanol–water partition coefficient (Wildman–Crippen LogP) is 1.89. The van der Waals surface area contributed by atoms with Crippen LogP contribution in [0.1, 0.15) is 18.6 Å². The standard InChI is InChI=1S/C9H11FO2/c1-6(11)7-4-3-5-8(10)9(7)12-2/h3-6,11H,1-2H3/t6-/m0/s1. The number of methoxy groups -OCH3 is 1. The number of ether oxygens (including phenoxy) is 1. The summed E-state index contributed by atoms with van der Waals surface area (Å²) in [5, 5.41) is 9.21. The van der Waals surface area contributed by atoms with Gasteiger partial charge in [-0.3, -0.25) is 0 Å². The van der Waals surface area contributed by atoms with E-state index in [0.29, 0.717) is 5.56 Å². The lowest BCUT2D eigenvalue weighted by Gasteiger charge is -2.10. The van der Waals surface area contributed by atoms with E-state index in [-0.39, 0.29) is 5.75 Å². The van der Waals surface area contributed by atoms with E-state index in [1.54, 1.807) is 19.1 Å². The van der Waals surface area contributed by atoms with Gasteiger partial charge < -0.3 is 9.84 Å². The molecule has 0 radical (unpaired) electrons. The van der Waals surface area contributed by atoms with E-state index in [1.807, 2.05) is 0 Å². The van der Waals surface area contributed by atoms with Crippen molar-refractivity contribution in [3.8, 4) is 5.75 Å². The number of hydrogen-bond donors (Lipinski definition) is 1. The molecule has 1 aromatic rings. The minimum absolute atomic E-state index is 0.118. The van der Waals surface area contributed by atoms with Crippen LogP contribution >= 0.6 is 0 Å². The Morgan fingerprint density at radius 3 is 2.58 bits per heavy atom. The molecule has 3 heteroatoms. The molecule has 1 atom stereocenters. The molecule has 12 heavy (non-hydrogen) atoms. The number of aliphatic hydroxyl groups excluding tert-OH is 1. The summed E-state index contributed by atoms with van der Waals surface area (Å²) in [7, 11) is 1.38. The zero-order chi connectivity index (χ0) is 9.14. The Bertz CT molecular complexity index is 271. The second-order valence-electron chi connectivity index (χ2n) is 2.54. The van der Waals surface area contributed by atoms with E-state index >= 15 is 0 Å². The van der Waals surface area contributed by atoms with Gasteiger partial charge in [0.05, 0.1) is 13.2 Å². The van der Waals surface area contributed by atoms with Crippen molar-refractivity contribution in [1.29, 1.82) is 0 Å². The van der Waals surface area contributed by atoms with Crippen LogP contribution in [0.25, 0.3) is 0 Å². The monoisotopic (exact) mass is 170 g/mol. The highest BCUT2D eigenvalue weighted by molar-refractivity contribution is 5.36. The molecule has 66 valence electrons. The van der Waals surface area contributed by atoms with E-state index < -0.39 is 11.9 Å². The SMILES string of the molecule is COc1c(F)cccc1[C@H](C)O. The molecular formula is C9H11FO2. The summed E-state index contributed by atoms with van der Waals surface area (Å²) in [6.45, 7) is 1.57. The van der Waals surface area contributed by atoms with Crippen LogP contribution in [0.5, 0.6) is 5.75 Å². The molecule has 0 amide bonds. The van der Waals surface area contributed by atoms with Crippen molar-refractivity contribution in [2.75, 3.05) is 7.11 Å². The van der Waals surface area contributed by atoms with Gasteiger partial charge in [-0.2, -0.15) is 0 Å². The first-order valence-electron chi connectivity index (χ1n) is 3.67. The van der Waals surface area contributed by atoms with Crippen molar-refractivity contribution < 1.29 is 14.2 Å². The average molecular weight is 170 g/mol. The van der Waals surface area contributed by atoms with Crippen LogP contribution in [0.3, 0.4) is 0 Å². The van der Waals surface area contributed by atoms with Crippen molar-refractivity contribution in [2.45, 2.75) is 13.0 Å². The fraction of sp³-hybridized carbons (Fsp3) is 0.333. The second-order valence-corrected chi connectivity index (χ2v) is 2.54. The van der Waals surface area contributed by atoms with E-state index in [0.717, 1.165) is 0 Å². The van der Waals surface area contributed by atoms with E-state index in [2.05, 4.69) is 0 Å². The Morgan fingerprint density at radius 2 is 2.17 bits per heavy atom. The summed E-state index contributed by atoms with van der Waals surface area (Å²) in [6.07, 6.45) is -0.712. The van der Waals surface area contributed by atoms with Gasteiger partial charge in [0.2, 0.25) is 0 Å². The molecule has 1 N–H and O–H groups in total. The van der Waals surface area contributed by atoms with Gasteiger partial charge in [-0.1, -0.05) is 12.1 Å². The van der Waals surface area contributed by atoms with Crippen LogP contribution in [0, 0.1) is 5.82 Å². The lowest BCUT2D eigenvalue weighted by molar-refractivity contribution is 0.193. The maximum Gasteiger partial charge on any atom is 0.165 e. The Hall–Kier alpha value is -1.09. The van der Waals surface area contributed by atoms with Crippen LogP contribution in [-0.2, 0) is 0 Å². The number of halogens is 1. The third-order valence-corrected chi connectivity index (χ3v) is 1.65. The van der Waals surface area contributed by atoms with Crippen molar-refractivity contribution >= 4 is 0 Å². The molecule has 2 nitrogen and oxygen atoms in total. The molecular weight excluding hydrogens is 159 g/mol. The van der Waals surface area contributed by atoms with Crippen molar-refractivity contribution in [1.82, 2.24) is 0 Å². The molecule has 0 saturated carbocycles. The molecule has 1 aromatic carbocycles. The van der Waals surface area contributed by atoms with Crippen LogP contribution in [-0.4, -0.2) is 12.2 Å². The zero-order valence-electron chi connectivity index (χ0n) is 7.04. The van der Waals surface area contributed by atoms with Crippen LogP contribution < -0.4 is 4.74 Å². The molecule has 0 aliphatic rings. The summed E-state index contributed by atoms with van der Waals surface area (Å²) in [6, 6.07) is 4.47. The molecule has 0 heterocycles. The predicted molar refractivity (Wildman–Crippen MR) is 43.6 cm³/mol. The smallest absolute Gasteiger partial charge is 0.165 e. The Balaban J connectivity index is 3.18. The van der Waals surface area contributed by atoms with Gasteiger partial charge >= 0.3 is 0 Å². The third-order valence-electron chi connectivity index (χ3n) is 1.65. The fourth-order valence-corrected chi connectivity index (χ4v) is 1.07. The minimum Gasteiger partial charge on any atom is -0.493 e. The fourth-order valence-electron chi connectivity index (χ4n) is 1.07. The molecule has 0 spiro atoms. The zero-order valence-corrected chi connectivity index (χ0v) is 7.04. The highest BCUT2D eigenvalue weighted by Gasteiger charge is 2.11. The second kappa shape index (κ2) is 3.54. The number of hydrogen-bond acceptors (Lipinski definition) is 2. The Morgan fingerprint density at radius 1 is 1.50 bits per heavy atom. The molecule has 0 unspecified atom stereocenters. The van der Waals surface area contributed by atoms with E-state index in [4.69, 9.17) is 4.74 Å². The van der Waals surface area contributed by atoms with Gasteiger partial charge in [0.1, 0.15) is 0 Å². The first-order valence-corrected chi connectivity index (χ1v) is 3.67. The van der Waals surface area contributed by atoms with Crippen molar-refractivity contribution in [2.24, 2.45) is 0 Å². The Labute approximate surface area is 70.6 Å². The van der Waals surface area contributed by atoms with E-state index in [1.165, 1.54) is 13.2 Å². The topological polar surface area (TPSA) is 29.5 Å². The summed E-state index contributed by atoms with van der Waals surface area (Å²) in [5.74, 6) is -0.330. The van der Waals surface area contributed by atoms with Gasteiger partial charge in [0.15, 0.2) is 11.6 Å². The Kier molecular flexibility index (Phi) is 2.65. The maximum absolute atomic E-state index is 13.0. The minimum atomic E-state index is -0.712. The van der Waals surface area contributed by atoms with Crippen LogP contribution in [0.4, 0.5) is 4.39 Å². The molecule has 1 rings (SSSR count). The third kappa shape index (κ3) is 1.56. The molecule has 0 aliphatic carbocycles. The first kappa shape index (κ1) is 9.00. The van der Waals surface area contributed by atoms with Crippen LogP contribution in [0.15, 0.2) is 18.2 Å². The maximum atomic E-state index is 13.0. The highest BCUT2D eigenvalue weighted by atomic mass is 19.1. The number of rotatable bonds is 2. The summed E-state index contributed by atoms with van der Waals surface area (Å²) >= 11 is 0. The van der Waals surface area contributed by atoms with Gasteiger partial charge in [-0.25, -0.2) is 4.39 Å². The largest absolute Gasteiger partial charge is 0.493 e. The van der Waals surface area contributed by atoms with Crippen molar-refractivity contribution in [3.05, 3.63) is 29.6 Å². The van der Waals surface area contributed by atoms with Gasteiger partial charge in [0, 0.05) is 5.56 Å². The van der Waals surface area contributed by atoms with E-state index in [9.17, 15) is 9.50 Å². The average Bonchev–Trinajstić information content (AvgIpc) is 2.03. The molecule has 0 aromatic heterocycles. The first-order chi connectivity index (χ1) is 5.66. The highest BCUT2D eigenvalue weighted by Crippen LogP contribution is 2.27. The van der Waals surface area contributed by atoms with Gasteiger partial charge in [-0.05, 0) is 13.0 Å². The van der Waals surface area contributed by atoms with Gasteiger partial charge in [-0.15, -0.1) is 0 Å². The molecule has 0 fully saturated rings. The molecule has 0 bridgehead atoms. The van der Waals surface area contributed by atoms with Crippen molar-refractivity contribution in [3.63, 3.8) is 0 Å². The van der Waals surface area contributed by atoms with Crippen LogP contribution in [0.2, 0.25) is 0 Å². The quantitative estimate of drug-likeness (QED) is 0.734. The number of aliphatic hydroxyl groups is 1. The number of para-hydroxylation sites is 1. The summed E-state index contributed by atoms with van der Waals surface area (Å²) in [4.78, 5) is 0.